The highest BCUT2D eigenvalue weighted by Gasteiger charge is 2.48. The van der Waals surface area contributed by atoms with Gasteiger partial charge in [-0.3, -0.25) is 14.7 Å². The monoisotopic (exact) mass is 452 g/mol. The Labute approximate surface area is 178 Å². The Kier molecular flexibility index (Phi) is 5.12. The predicted molar refractivity (Wildman–Crippen MR) is 104 cm³/mol. The number of nitrogens with one attached hydrogen (secondary N) is 2. The lowest BCUT2D eigenvalue weighted by molar-refractivity contribution is -0.142. The number of aliphatic hydroxyl groups is 1. The summed E-state index contributed by atoms with van der Waals surface area (Å²) in [5.74, 6) is -1.11. The molecule has 1 atom stereocenters. The molecule has 1 unspecified atom stereocenters. The molecule has 0 saturated carbocycles. The fraction of sp³-hybridized carbons (Fsp3) is 0.350. The van der Waals surface area contributed by atoms with Gasteiger partial charge in [-0.15, -0.1) is 0 Å². The van der Waals surface area contributed by atoms with Crippen molar-refractivity contribution in [1.82, 2.24) is 15.5 Å². The summed E-state index contributed by atoms with van der Waals surface area (Å²) in [7, 11) is 0. The average molecular weight is 452 g/mol. The smallest absolute Gasteiger partial charge is 0.433 e. The van der Waals surface area contributed by atoms with Gasteiger partial charge in [-0.25, -0.2) is 0 Å². The maximum atomic E-state index is 13.2. The molecule has 32 heavy (non-hydrogen) atoms. The van der Waals surface area contributed by atoms with E-state index in [0.29, 0.717) is 0 Å². The number of alkyl halides is 3. The highest BCUT2D eigenvalue weighted by Crippen LogP contribution is 2.45. The van der Waals surface area contributed by atoms with Crippen LogP contribution in [-0.2, 0) is 23.0 Å². The van der Waals surface area contributed by atoms with E-state index in [0.717, 1.165) is 6.20 Å². The number of aromatic amines is 1. The van der Waals surface area contributed by atoms with Crippen molar-refractivity contribution in [2.75, 3.05) is 13.2 Å². The Balaban J connectivity index is 1.90. The second-order valence-corrected chi connectivity index (χ2v) is 7.51. The van der Waals surface area contributed by atoms with Crippen LogP contribution < -0.4 is 15.8 Å². The van der Waals surface area contributed by atoms with Gasteiger partial charge in [0.25, 0.3) is 5.91 Å². The molecule has 5 N–H and O–H groups in total. The van der Waals surface area contributed by atoms with Gasteiger partial charge in [-0.05, 0) is 25.5 Å². The Hall–Kier alpha value is -3.54. The Morgan fingerprint density at radius 1 is 1.41 bits per heavy atom. The van der Waals surface area contributed by atoms with E-state index in [1.165, 1.54) is 19.1 Å². The van der Waals surface area contributed by atoms with Crippen molar-refractivity contribution in [2.45, 2.75) is 31.5 Å². The molecular weight excluding hydrogens is 433 g/mol. The molecule has 12 heteroatoms. The van der Waals surface area contributed by atoms with Crippen LogP contribution in [0.4, 0.5) is 13.2 Å². The van der Waals surface area contributed by atoms with Crippen molar-refractivity contribution in [3.8, 4) is 5.75 Å². The fourth-order valence-corrected chi connectivity index (χ4v) is 4.14. The number of aliphatic hydroxyl groups excluding tert-OH is 1. The Bertz CT molecular complexity index is 1220. The van der Waals surface area contributed by atoms with Crippen LogP contribution in [0.15, 0.2) is 22.7 Å². The van der Waals surface area contributed by atoms with Crippen LogP contribution in [0.1, 0.15) is 39.4 Å². The molecule has 1 aliphatic rings. The van der Waals surface area contributed by atoms with Gasteiger partial charge in [0.05, 0.1) is 18.4 Å². The summed E-state index contributed by atoms with van der Waals surface area (Å²) in [4.78, 5) is 25.0. The largest absolute Gasteiger partial charge is 0.488 e. The van der Waals surface area contributed by atoms with Crippen molar-refractivity contribution >= 4 is 22.8 Å². The standard InChI is InChI=1S/C20H19F3N4O5/c1-9-13(17(24)29)14-11(32-9)2-3-12(15(14)19(8-28)4-5-25-18(19)30)31-7-10-6-26-27-16(10)20(21,22)23/h2-3,6,28H,4-5,7-8H2,1H3,(H2,24,29)(H,25,30)(H,26,27). The first kappa shape index (κ1) is 21.7. The highest BCUT2D eigenvalue weighted by atomic mass is 19.4. The summed E-state index contributed by atoms with van der Waals surface area (Å²) in [5.41, 5.74) is 3.09. The van der Waals surface area contributed by atoms with E-state index in [1.807, 2.05) is 5.10 Å². The lowest BCUT2D eigenvalue weighted by atomic mass is 9.76. The van der Waals surface area contributed by atoms with Gasteiger partial charge in [-0.1, -0.05) is 0 Å². The van der Waals surface area contributed by atoms with E-state index >= 15 is 0 Å². The maximum Gasteiger partial charge on any atom is 0.433 e. The molecule has 170 valence electrons. The molecule has 2 amide bonds. The van der Waals surface area contributed by atoms with Crippen LogP contribution in [0.2, 0.25) is 0 Å². The molecule has 0 aliphatic carbocycles. The van der Waals surface area contributed by atoms with E-state index < -0.39 is 42.3 Å². The zero-order valence-corrected chi connectivity index (χ0v) is 16.8. The van der Waals surface area contributed by atoms with Crippen molar-refractivity contribution in [3.63, 3.8) is 0 Å². The molecule has 1 saturated heterocycles. The number of aryl methyl sites for hydroxylation is 1. The number of furan rings is 1. The van der Waals surface area contributed by atoms with Crippen LogP contribution in [0.5, 0.6) is 5.75 Å². The Morgan fingerprint density at radius 2 is 2.16 bits per heavy atom. The minimum atomic E-state index is -4.67. The second-order valence-electron chi connectivity index (χ2n) is 7.51. The van der Waals surface area contributed by atoms with Crippen molar-refractivity contribution in [3.05, 3.63) is 46.5 Å². The molecule has 3 heterocycles. The first-order valence-electron chi connectivity index (χ1n) is 9.58. The third-order valence-corrected chi connectivity index (χ3v) is 5.65. The molecule has 4 rings (SSSR count). The number of aromatic nitrogens is 2. The maximum absolute atomic E-state index is 13.2. The molecular formula is C20H19F3N4O5. The van der Waals surface area contributed by atoms with Crippen LogP contribution >= 0.6 is 0 Å². The van der Waals surface area contributed by atoms with Crippen LogP contribution in [0.3, 0.4) is 0 Å². The number of ether oxygens (including phenoxy) is 1. The topological polar surface area (TPSA) is 143 Å². The van der Waals surface area contributed by atoms with Crippen molar-refractivity contribution in [1.29, 1.82) is 0 Å². The molecule has 1 aromatic carbocycles. The molecule has 0 spiro atoms. The minimum Gasteiger partial charge on any atom is -0.488 e. The molecule has 3 aromatic rings. The van der Waals surface area contributed by atoms with E-state index in [9.17, 15) is 27.9 Å². The van der Waals surface area contributed by atoms with Gasteiger partial charge in [0, 0.05) is 23.1 Å². The minimum absolute atomic E-state index is 0.00673. The van der Waals surface area contributed by atoms with Crippen LogP contribution in [0, 0.1) is 6.92 Å². The van der Waals surface area contributed by atoms with Crippen LogP contribution in [0.25, 0.3) is 11.0 Å². The fourth-order valence-electron chi connectivity index (χ4n) is 4.14. The first-order chi connectivity index (χ1) is 15.1. The van der Waals surface area contributed by atoms with Gasteiger partial charge in [0.1, 0.15) is 34.8 Å². The lowest BCUT2D eigenvalue weighted by Gasteiger charge is -2.27. The number of amides is 2. The number of carbonyl (C=O) groups is 2. The molecule has 0 radical (unpaired) electrons. The SMILES string of the molecule is Cc1oc2ccc(OCc3cn[nH]c3C(F)(F)F)c(C3(CO)CCNC3=O)c2c1C(N)=O. The Morgan fingerprint density at radius 3 is 2.75 bits per heavy atom. The number of nitrogens with two attached hydrogens (primary N) is 1. The number of fused-ring (bicyclic) bond motifs is 1. The van der Waals surface area contributed by atoms with Gasteiger partial charge >= 0.3 is 6.18 Å². The van der Waals surface area contributed by atoms with E-state index in [1.54, 1.807) is 0 Å². The molecule has 2 aromatic heterocycles. The zero-order valence-electron chi connectivity index (χ0n) is 16.8. The van der Waals surface area contributed by atoms with Gasteiger partial charge in [0.15, 0.2) is 0 Å². The van der Waals surface area contributed by atoms with E-state index in [-0.39, 0.29) is 52.1 Å². The third kappa shape index (κ3) is 3.27. The molecule has 9 nitrogen and oxygen atoms in total. The number of rotatable bonds is 6. The average Bonchev–Trinajstić information content (AvgIpc) is 3.42. The first-order valence-corrected chi connectivity index (χ1v) is 9.58. The number of H-pyrrole nitrogens is 1. The number of hydrogen-bond donors (Lipinski definition) is 4. The number of halogens is 3. The summed E-state index contributed by atoms with van der Waals surface area (Å²) >= 11 is 0. The number of nitrogens with zero attached hydrogens (tertiary/aromatic N) is 1. The third-order valence-electron chi connectivity index (χ3n) is 5.65. The molecule has 1 aliphatic heterocycles. The molecule has 1 fully saturated rings. The summed E-state index contributed by atoms with van der Waals surface area (Å²) in [6.07, 6.45) is -3.51. The highest BCUT2D eigenvalue weighted by molar-refractivity contribution is 6.10. The van der Waals surface area contributed by atoms with E-state index in [4.69, 9.17) is 14.9 Å². The van der Waals surface area contributed by atoms with E-state index in [2.05, 4.69) is 10.4 Å². The normalized spacial score (nSPS) is 18.8. The van der Waals surface area contributed by atoms with Gasteiger partial charge in [0.2, 0.25) is 5.91 Å². The molecule has 0 bridgehead atoms. The quantitative estimate of drug-likeness (QED) is 0.450. The summed E-state index contributed by atoms with van der Waals surface area (Å²) in [6.45, 7) is 0.607. The van der Waals surface area contributed by atoms with Gasteiger partial charge < -0.3 is 25.3 Å². The lowest BCUT2D eigenvalue weighted by Crippen LogP contribution is -2.39. The summed E-state index contributed by atoms with van der Waals surface area (Å²) < 4.78 is 50.9. The predicted octanol–water partition coefficient (Wildman–Crippen LogP) is 1.91. The second kappa shape index (κ2) is 7.55. The number of carbonyl (C=O) groups excluding carboxylic acids is 2. The number of benzene rings is 1. The van der Waals surface area contributed by atoms with Crippen molar-refractivity contribution in [2.24, 2.45) is 5.73 Å². The van der Waals surface area contributed by atoms with Crippen LogP contribution in [-0.4, -0.2) is 40.3 Å². The summed E-state index contributed by atoms with van der Waals surface area (Å²) in [5, 5.41) is 18.4. The van der Waals surface area contributed by atoms with Gasteiger partial charge in [-0.2, -0.15) is 18.3 Å². The number of hydrogen-bond acceptors (Lipinski definition) is 6. The summed E-state index contributed by atoms with van der Waals surface area (Å²) in [6, 6.07) is 2.88. The number of primary amides is 1. The zero-order chi connectivity index (χ0) is 23.3. The van der Waals surface area contributed by atoms with Crippen molar-refractivity contribution < 1.29 is 37.0 Å².